The first kappa shape index (κ1) is 20.9. The zero-order chi connectivity index (χ0) is 20.2. The lowest BCUT2D eigenvalue weighted by Crippen LogP contribution is -2.30. The van der Waals surface area contributed by atoms with E-state index in [0.717, 1.165) is 11.3 Å². The van der Waals surface area contributed by atoms with E-state index in [9.17, 15) is 13.8 Å². The number of nitrogens with zero attached hydrogens (tertiary/aromatic N) is 3. The molecule has 0 unspecified atom stereocenters. The van der Waals surface area contributed by atoms with E-state index in [0.29, 0.717) is 15.9 Å². The number of aryl methyl sites for hydroxylation is 1. The molecule has 0 fully saturated rings. The van der Waals surface area contributed by atoms with Crippen LogP contribution in [0.2, 0.25) is 0 Å². The minimum absolute atomic E-state index is 0.0651. The van der Waals surface area contributed by atoms with Crippen LogP contribution >= 0.6 is 15.9 Å². The van der Waals surface area contributed by atoms with Gasteiger partial charge in [0.15, 0.2) is 0 Å². The van der Waals surface area contributed by atoms with Crippen molar-refractivity contribution in [2.75, 3.05) is 6.26 Å². The van der Waals surface area contributed by atoms with Crippen LogP contribution in [0.1, 0.15) is 28.5 Å². The third kappa shape index (κ3) is 4.64. The number of carbonyl (C=O) groups excluding carboxylic acids is 1. The van der Waals surface area contributed by atoms with E-state index in [1.807, 2.05) is 18.4 Å². The van der Waals surface area contributed by atoms with E-state index in [1.54, 1.807) is 36.7 Å². The number of amides is 1. The minimum Gasteiger partial charge on any atom is -0.350 e. The van der Waals surface area contributed by atoms with Gasteiger partial charge >= 0.3 is 0 Å². The summed E-state index contributed by atoms with van der Waals surface area (Å²) in [5.41, 5.74) is 1.24. The summed E-state index contributed by atoms with van der Waals surface area (Å²) < 4.78 is 17.8. The molecule has 0 aliphatic carbocycles. The van der Waals surface area contributed by atoms with Gasteiger partial charge in [0.25, 0.3) is 5.91 Å². The molecule has 7 nitrogen and oxygen atoms in total. The summed E-state index contributed by atoms with van der Waals surface area (Å²) in [6.45, 7) is 4.58. The van der Waals surface area contributed by atoms with E-state index in [4.69, 9.17) is 5.26 Å². The molecule has 9 heteroatoms. The van der Waals surface area contributed by atoms with Gasteiger partial charge in [-0.1, -0.05) is 12.1 Å². The summed E-state index contributed by atoms with van der Waals surface area (Å²) in [5, 5.41) is 11.3. The highest BCUT2D eigenvalue weighted by atomic mass is 79.9. The Morgan fingerprint density at radius 1 is 1.37 bits per heavy atom. The van der Waals surface area contributed by atoms with Crippen LogP contribution in [0.4, 0.5) is 0 Å². The molecule has 142 valence electrons. The van der Waals surface area contributed by atoms with Crippen molar-refractivity contribution in [3.05, 3.63) is 62.0 Å². The summed E-state index contributed by atoms with van der Waals surface area (Å²) >= 11 is 3.25. The molecule has 27 heavy (non-hydrogen) atoms. The molecule has 1 N–H and O–H groups in total. The predicted molar refractivity (Wildman–Crippen MR) is 107 cm³/mol. The first-order valence-corrected chi connectivity index (χ1v) is 10.8. The molecule has 0 saturated heterocycles. The van der Waals surface area contributed by atoms with Crippen LogP contribution in [0.3, 0.4) is 0 Å². The van der Waals surface area contributed by atoms with Gasteiger partial charge in [0.1, 0.15) is 5.56 Å². The molecule has 1 amide bonds. The number of carbonyl (C=O) groups is 1. The highest BCUT2D eigenvalue weighted by Crippen LogP contribution is 2.14. The van der Waals surface area contributed by atoms with Crippen molar-refractivity contribution >= 4 is 31.6 Å². The number of nitriles is 1. The van der Waals surface area contributed by atoms with Crippen molar-refractivity contribution in [3.8, 4) is 6.19 Å². The average Bonchev–Trinajstić information content (AvgIpc) is 2.65. The van der Waals surface area contributed by atoms with Crippen molar-refractivity contribution in [1.82, 2.24) is 9.88 Å². The normalized spacial score (nSPS) is 12.7. The summed E-state index contributed by atoms with van der Waals surface area (Å²) in [5.74, 6) is -0.467. The Morgan fingerprint density at radius 2 is 2.00 bits per heavy atom. The van der Waals surface area contributed by atoms with Crippen molar-refractivity contribution in [1.29, 1.82) is 5.26 Å². The smallest absolute Gasteiger partial charge is 0.257 e. The number of halogens is 1. The maximum atomic E-state index is 12.4. The van der Waals surface area contributed by atoms with Gasteiger partial charge in [0.05, 0.1) is 14.2 Å². The molecule has 2 aromatic rings. The fourth-order valence-corrected chi connectivity index (χ4v) is 3.82. The Balaban J connectivity index is 2.19. The molecule has 0 saturated carbocycles. The number of rotatable bonds is 5. The Labute approximate surface area is 166 Å². The maximum absolute atomic E-state index is 12.4. The highest BCUT2D eigenvalue weighted by Gasteiger charge is 2.16. The van der Waals surface area contributed by atoms with E-state index in [2.05, 4.69) is 25.6 Å². The number of hydrogen-bond donors (Lipinski definition) is 1. The molecule has 0 spiro atoms. The molecule has 0 bridgehead atoms. The van der Waals surface area contributed by atoms with Crippen LogP contribution in [0, 0.1) is 18.4 Å². The molecular weight excluding hydrogens is 432 g/mol. The van der Waals surface area contributed by atoms with Gasteiger partial charge in [-0.3, -0.25) is 9.59 Å². The Kier molecular flexibility index (Phi) is 6.57. The SMILES string of the molecule is CCn1cc(C(=O)NCc2ccc([S@](C)(=O)=NC#N)cc2)c(=O)c(Br)c1C. The lowest BCUT2D eigenvalue weighted by Gasteiger charge is -2.12. The van der Waals surface area contributed by atoms with Gasteiger partial charge < -0.3 is 9.88 Å². The molecule has 0 aliphatic heterocycles. The van der Waals surface area contributed by atoms with Gasteiger partial charge in [-0.25, -0.2) is 4.21 Å². The highest BCUT2D eigenvalue weighted by molar-refractivity contribution is 9.10. The lowest BCUT2D eigenvalue weighted by atomic mass is 10.2. The van der Waals surface area contributed by atoms with Gasteiger partial charge in [0.2, 0.25) is 11.6 Å². The topological polar surface area (TPSA) is 104 Å². The maximum Gasteiger partial charge on any atom is 0.257 e. The first-order chi connectivity index (χ1) is 12.7. The zero-order valence-electron chi connectivity index (χ0n) is 15.2. The summed E-state index contributed by atoms with van der Waals surface area (Å²) in [6.07, 6.45) is 4.50. The van der Waals surface area contributed by atoms with Crippen LogP contribution in [0.15, 0.2) is 49.0 Å². The van der Waals surface area contributed by atoms with Crippen molar-refractivity contribution in [2.45, 2.75) is 31.8 Å². The minimum atomic E-state index is -2.75. The largest absolute Gasteiger partial charge is 0.350 e. The number of benzene rings is 1. The molecule has 1 atom stereocenters. The van der Waals surface area contributed by atoms with Crippen molar-refractivity contribution in [3.63, 3.8) is 0 Å². The molecule has 1 aromatic carbocycles. The van der Waals surface area contributed by atoms with Crippen LogP contribution in [-0.4, -0.2) is 20.9 Å². The number of nitrogens with one attached hydrogen (secondary N) is 1. The Hall–Kier alpha value is -2.44. The van der Waals surface area contributed by atoms with Gasteiger partial charge in [0, 0.05) is 36.1 Å². The Morgan fingerprint density at radius 3 is 2.56 bits per heavy atom. The number of aromatic nitrogens is 1. The van der Waals surface area contributed by atoms with E-state index < -0.39 is 15.6 Å². The zero-order valence-corrected chi connectivity index (χ0v) is 17.6. The molecule has 1 aromatic heterocycles. The van der Waals surface area contributed by atoms with Crippen LogP contribution < -0.4 is 10.7 Å². The van der Waals surface area contributed by atoms with Crippen LogP contribution in [-0.2, 0) is 22.8 Å². The fourth-order valence-electron chi connectivity index (χ4n) is 2.48. The lowest BCUT2D eigenvalue weighted by molar-refractivity contribution is 0.0949. The number of hydrogen-bond acceptors (Lipinski definition) is 5. The second-order valence-electron chi connectivity index (χ2n) is 5.88. The summed E-state index contributed by atoms with van der Waals surface area (Å²) in [6, 6.07) is 6.61. The summed E-state index contributed by atoms with van der Waals surface area (Å²) in [4.78, 5) is 25.2. The second-order valence-corrected chi connectivity index (χ2v) is 8.93. The van der Waals surface area contributed by atoms with Crippen molar-refractivity contribution in [2.24, 2.45) is 4.36 Å². The standard InChI is InChI=1S/C18H19BrN4O3S/c1-4-23-10-15(17(24)16(19)12(23)2)18(25)21-9-13-5-7-14(8-6-13)27(3,26)22-11-20/h5-8,10H,4,9H2,1-3H3,(H,21,25)/t27-/m0/s1. The molecule has 0 radical (unpaired) electrons. The van der Waals surface area contributed by atoms with Crippen LogP contribution in [0.25, 0.3) is 0 Å². The third-order valence-corrected chi connectivity index (χ3v) is 6.60. The van der Waals surface area contributed by atoms with Gasteiger partial charge in [-0.15, -0.1) is 4.36 Å². The molecule has 1 heterocycles. The Bertz CT molecular complexity index is 1090. The monoisotopic (exact) mass is 450 g/mol. The second kappa shape index (κ2) is 8.50. The molecule has 0 aliphatic rings. The quantitative estimate of drug-likeness (QED) is 0.706. The molecular formula is C18H19BrN4O3S. The molecule has 2 rings (SSSR count). The van der Waals surface area contributed by atoms with E-state index in [1.165, 1.54) is 6.26 Å². The van der Waals surface area contributed by atoms with E-state index >= 15 is 0 Å². The predicted octanol–water partition coefficient (Wildman–Crippen LogP) is 2.81. The van der Waals surface area contributed by atoms with Gasteiger partial charge in [-0.2, -0.15) is 5.26 Å². The van der Waals surface area contributed by atoms with Crippen molar-refractivity contribution < 1.29 is 9.00 Å². The third-order valence-electron chi connectivity index (χ3n) is 4.09. The first-order valence-electron chi connectivity index (χ1n) is 8.08. The fraction of sp³-hybridized carbons (Fsp3) is 0.278. The summed E-state index contributed by atoms with van der Waals surface area (Å²) in [7, 11) is -2.75. The van der Waals surface area contributed by atoms with Gasteiger partial charge in [-0.05, 0) is 47.5 Å². The average molecular weight is 451 g/mol. The van der Waals surface area contributed by atoms with E-state index in [-0.39, 0.29) is 17.5 Å². The van der Waals surface area contributed by atoms with Crippen LogP contribution in [0.5, 0.6) is 0 Å². The number of pyridine rings is 1.